The van der Waals surface area contributed by atoms with Crippen molar-refractivity contribution < 1.29 is 28.5 Å². The van der Waals surface area contributed by atoms with Crippen LogP contribution in [-0.2, 0) is 18.9 Å². The van der Waals surface area contributed by atoms with Crippen molar-refractivity contribution in [2.24, 2.45) is 0 Å². The van der Waals surface area contributed by atoms with Crippen LogP contribution < -0.4 is 0 Å². The molecular formula is C13H22N2O6. The fourth-order valence-corrected chi connectivity index (χ4v) is 2.50. The van der Waals surface area contributed by atoms with E-state index < -0.39 is 18.0 Å². The Hall–Kier alpha value is -1.54. The average molecular weight is 302 g/mol. The third-order valence-corrected chi connectivity index (χ3v) is 3.24. The van der Waals surface area contributed by atoms with Gasteiger partial charge in [-0.25, -0.2) is 19.6 Å². The minimum absolute atomic E-state index is 0.186. The maximum absolute atomic E-state index is 12.0. The molecule has 2 rings (SSSR count). The molecule has 0 aliphatic carbocycles. The van der Waals surface area contributed by atoms with Crippen LogP contribution in [0.25, 0.3) is 0 Å². The highest BCUT2D eigenvalue weighted by Gasteiger charge is 2.49. The highest BCUT2D eigenvalue weighted by molar-refractivity contribution is 5.74. The standard InChI is InChI=1S/C13H22N2O6/c1-5-18-11(16)14-7-9-10(21-13(3,4)20-9)8-15(14)12(17)19-6-2/h9-10H,5-8H2,1-4H3. The molecule has 0 saturated carbocycles. The number of carbonyl (C=O) groups excluding carboxylic acids is 2. The van der Waals surface area contributed by atoms with E-state index in [1.807, 2.05) is 0 Å². The lowest BCUT2D eigenvalue weighted by Crippen LogP contribution is -2.61. The Morgan fingerprint density at radius 2 is 1.38 bits per heavy atom. The predicted octanol–water partition coefficient (Wildman–Crippen LogP) is 1.35. The molecule has 2 amide bonds. The molecule has 2 heterocycles. The van der Waals surface area contributed by atoms with Crippen molar-refractivity contribution in [1.82, 2.24) is 10.0 Å². The summed E-state index contributed by atoms with van der Waals surface area (Å²) in [5.74, 6) is -0.736. The van der Waals surface area contributed by atoms with Crippen molar-refractivity contribution in [3.63, 3.8) is 0 Å². The summed E-state index contributed by atoms with van der Waals surface area (Å²) >= 11 is 0. The highest BCUT2D eigenvalue weighted by atomic mass is 16.8. The van der Waals surface area contributed by atoms with Crippen LogP contribution in [0.4, 0.5) is 9.59 Å². The Bertz CT molecular complexity index is 377. The van der Waals surface area contributed by atoms with Gasteiger partial charge in [0.15, 0.2) is 5.79 Å². The molecule has 2 unspecified atom stereocenters. The van der Waals surface area contributed by atoms with Crippen LogP contribution >= 0.6 is 0 Å². The molecule has 0 N–H and O–H groups in total. The molecule has 8 nitrogen and oxygen atoms in total. The molecule has 8 heteroatoms. The van der Waals surface area contributed by atoms with E-state index >= 15 is 0 Å². The van der Waals surface area contributed by atoms with Gasteiger partial charge in [-0.1, -0.05) is 0 Å². The average Bonchev–Trinajstić information content (AvgIpc) is 2.70. The molecule has 2 aliphatic rings. The molecular weight excluding hydrogens is 280 g/mol. The molecule has 0 aromatic carbocycles. The summed E-state index contributed by atoms with van der Waals surface area (Å²) in [6, 6.07) is 0. The summed E-state index contributed by atoms with van der Waals surface area (Å²) < 4.78 is 21.5. The molecule has 2 fully saturated rings. The zero-order chi connectivity index (χ0) is 15.6. The van der Waals surface area contributed by atoms with Crippen molar-refractivity contribution in [2.75, 3.05) is 26.3 Å². The summed E-state index contributed by atoms with van der Waals surface area (Å²) in [5, 5.41) is 2.43. The maximum atomic E-state index is 12.0. The Labute approximate surface area is 123 Å². The fourth-order valence-electron chi connectivity index (χ4n) is 2.50. The van der Waals surface area contributed by atoms with Crippen LogP contribution in [-0.4, -0.2) is 66.5 Å². The number of hydrazine groups is 1. The minimum atomic E-state index is -0.736. The molecule has 2 saturated heterocycles. The van der Waals surface area contributed by atoms with Gasteiger partial charge in [-0.15, -0.1) is 0 Å². The first-order valence-electron chi connectivity index (χ1n) is 7.12. The third kappa shape index (κ3) is 3.38. The SMILES string of the molecule is CCOC(=O)N1CC2OC(C)(C)OC2CN1C(=O)OCC. The second-order valence-electron chi connectivity index (χ2n) is 5.27. The highest BCUT2D eigenvalue weighted by Crippen LogP contribution is 2.32. The van der Waals surface area contributed by atoms with Crippen LogP contribution in [0.1, 0.15) is 27.7 Å². The number of amides is 2. The minimum Gasteiger partial charge on any atom is -0.448 e. The Kier molecular flexibility index (Phi) is 4.58. The van der Waals surface area contributed by atoms with Crippen LogP contribution in [0, 0.1) is 0 Å². The Balaban J connectivity index is 2.15. The van der Waals surface area contributed by atoms with Crippen LogP contribution in [0.2, 0.25) is 0 Å². The number of fused-ring (bicyclic) bond motifs is 1. The van der Waals surface area contributed by atoms with E-state index in [-0.39, 0.29) is 38.5 Å². The van der Waals surface area contributed by atoms with Crippen LogP contribution in [0.5, 0.6) is 0 Å². The lowest BCUT2D eigenvalue weighted by atomic mass is 10.1. The molecule has 120 valence electrons. The van der Waals surface area contributed by atoms with E-state index in [1.54, 1.807) is 27.7 Å². The van der Waals surface area contributed by atoms with E-state index in [9.17, 15) is 9.59 Å². The first-order chi connectivity index (χ1) is 9.88. The largest absolute Gasteiger partial charge is 0.448 e. The molecule has 2 aliphatic heterocycles. The van der Waals surface area contributed by atoms with E-state index in [1.165, 1.54) is 10.0 Å². The Morgan fingerprint density at radius 1 is 1.00 bits per heavy atom. The van der Waals surface area contributed by atoms with Crippen molar-refractivity contribution >= 4 is 12.2 Å². The molecule has 0 aromatic heterocycles. The Morgan fingerprint density at radius 3 is 1.71 bits per heavy atom. The molecule has 0 aromatic rings. The maximum Gasteiger partial charge on any atom is 0.429 e. The van der Waals surface area contributed by atoms with Gasteiger partial charge in [0, 0.05) is 0 Å². The van der Waals surface area contributed by atoms with Gasteiger partial charge in [0.25, 0.3) is 0 Å². The van der Waals surface area contributed by atoms with Gasteiger partial charge in [0.1, 0.15) is 12.2 Å². The van der Waals surface area contributed by atoms with Crippen LogP contribution in [0.15, 0.2) is 0 Å². The predicted molar refractivity (Wildman–Crippen MR) is 71.3 cm³/mol. The molecule has 2 atom stereocenters. The van der Waals surface area contributed by atoms with E-state index in [0.717, 1.165) is 0 Å². The normalized spacial score (nSPS) is 27.2. The van der Waals surface area contributed by atoms with Gasteiger partial charge >= 0.3 is 12.2 Å². The van der Waals surface area contributed by atoms with Crippen molar-refractivity contribution in [3.05, 3.63) is 0 Å². The van der Waals surface area contributed by atoms with Crippen molar-refractivity contribution in [2.45, 2.75) is 45.7 Å². The summed E-state index contributed by atoms with van der Waals surface area (Å²) in [6.45, 7) is 7.84. The number of hydrogen-bond acceptors (Lipinski definition) is 6. The number of hydrogen-bond donors (Lipinski definition) is 0. The smallest absolute Gasteiger partial charge is 0.429 e. The summed E-state index contributed by atoms with van der Waals surface area (Å²) in [6.07, 6.45) is -1.79. The number of rotatable bonds is 2. The second-order valence-corrected chi connectivity index (χ2v) is 5.27. The van der Waals surface area contributed by atoms with E-state index in [0.29, 0.717) is 0 Å². The van der Waals surface area contributed by atoms with Gasteiger partial charge in [-0.2, -0.15) is 0 Å². The first kappa shape index (κ1) is 15.8. The summed E-state index contributed by atoms with van der Waals surface area (Å²) in [5.41, 5.74) is 0. The summed E-state index contributed by atoms with van der Waals surface area (Å²) in [4.78, 5) is 24.1. The second kappa shape index (κ2) is 6.07. The van der Waals surface area contributed by atoms with E-state index in [4.69, 9.17) is 18.9 Å². The van der Waals surface area contributed by atoms with Gasteiger partial charge in [-0.05, 0) is 27.7 Å². The van der Waals surface area contributed by atoms with E-state index in [2.05, 4.69) is 0 Å². The topological polar surface area (TPSA) is 77.5 Å². The molecule has 0 bridgehead atoms. The number of ether oxygens (including phenoxy) is 4. The molecule has 0 radical (unpaired) electrons. The molecule has 0 spiro atoms. The monoisotopic (exact) mass is 302 g/mol. The van der Waals surface area contributed by atoms with Gasteiger partial charge < -0.3 is 18.9 Å². The fraction of sp³-hybridized carbons (Fsp3) is 0.846. The first-order valence-corrected chi connectivity index (χ1v) is 7.12. The quantitative estimate of drug-likeness (QED) is 0.766. The number of nitrogens with zero attached hydrogens (tertiary/aromatic N) is 2. The third-order valence-electron chi connectivity index (χ3n) is 3.24. The summed E-state index contributed by atoms with van der Waals surface area (Å²) in [7, 11) is 0. The molecule has 21 heavy (non-hydrogen) atoms. The van der Waals surface area contributed by atoms with Crippen molar-refractivity contribution in [3.8, 4) is 0 Å². The van der Waals surface area contributed by atoms with Crippen molar-refractivity contribution in [1.29, 1.82) is 0 Å². The van der Waals surface area contributed by atoms with Gasteiger partial charge in [0.2, 0.25) is 0 Å². The van der Waals surface area contributed by atoms with Gasteiger partial charge in [-0.3, -0.25) is 0 Å². The lowest BCUT2D eigenvalue weighted by Gasteiger charge is -2.40. The van der Waals surface area contributed by atoms with Crippen LogP contribution in [0.3, 0.4) is 0 Å². The van der Waals surface area contributed by atoms with Gasteiger partial charge in [0.05, 0.1) is 26.3 Å². The zero-order valence-electron chi connectivity index (χ0n) is 12.8. The zero-order valence-corrected chi connectivity index (χ0v) is 12.8. The number of carbonyl (C=O) groups is 2. The lowest BCUT2D eigenvalue weighted by molar-refractivity contribution is -0.144.